The summed E-state index contributed by atoms with van der Waals surface area (Å²) >= 11 is 3.42. The van der Waals surface area contributed by atoms with Crippen LogP contribution in [0.3, 0.4) is 0 Å². The maximum Gasteiger partial charge on any atom is 0.153 e. The van der Waals surface area contributed by atoms with E-state index in [9.17, 15) is 0 Å². The third kappa shape index (κ3) is 2.44. The summed E-state index contributed by atoms with van der Waals surface area (Å²) in [6, 6.07) is 11.8. The van der Waals surface area contributed by atoms with E-state index in [0.29, 0.717) is 0 Å². The molecule has 0 bridgehead atoms. The lowest BCUT2D eigenvalue weighted by Gasteiger charge is -2.09. The number of hydrogen-bond acceptors (Lipinski definition) is 3. The molecule has 0 saturated heterocycles. The number of fused-ring (bicyclic) bond motifs is 1. The van der Waals surface area contributed by atoms with E-state index in [1.54, 1.807) is 12.4 Å². The van der Waals surface area contributed by atoms with Crippen molar-refractivity contribution in [2.45, 2.75) is 6.92 Å². The summed E-state index contributed by atoms with van der Waals surface area (Å²) in [6.45, 7) is 1.97. The van der Waals surface area contributed by atoms with E-state index >= 15 is 0 Å². The van der Waals surface area contributed by atoms with Gasteiger partial charge in [-0.3, -0.25) is 4.98 Å². The van der Waals surface area contributed by atoms with E-state index in [0.717, 1.165) is 32.6 Å². The lowest BCUT2D eigenvalue weighted by Crippen LogP contribution is -1.90. The van der Waals surface area contributed by atoms with Gasteiger partial charge in [-0.2, -0.15) is 0 Å². The number of pyridine rings is 2. The Hall–Kier alpha value is -1.94. The number of hydrogen-bond donors (Lipinski definition) is 0. The average molecular weight is 315 g/mol. The Labute approximate surface area is 119 Å². The van der Waals surface area contributed by atoms with Crippen molar-refractivity contribution in [3.63, 3.8) is 0 Å². The van der Waals surface area contributed by atoms with Gasteiger partial charge in [-0.15, -0.1) is 0 Å². The molecular weight excluding hydrogens is 304 g/mol. The number of aromatic nitrogens is 2. The first kappa shape index (κ1) is 12.1. The van der Waals surface area contributed by atoms with Crippen molar-refractivity contribution >= 4 is 26.8 Å². The molecule has 3 aromatic rings. The summed E-state index contributed by atoms with van der Waals surface area (Å²) in [5, 5.41) is 1.06. The van der Waals surface area contributed by atoms with Crippen LogP contribution < -0.4 is 4.74 Å². The molecule has 1 aromatic carbocycles. The minimum atomic E-state index is 0.728. The second-order valence-corrected chi connectivity index (χ2v) is 5.04. The molecule has 3 rings (SSSR count). The minimum Gasteiger partial charge on any atom is -0.454 e. The number of nitrogens with zero attached hydrogens (tertiary/aromatic N) is 2. The molecule has 0 saturated carbocycles. The van der Waals surface area contributed by atoms with Crippen molar-refractivity contribution in [2.75, 3.05) is 0 Å². The summed E-state index contributed by atoms with van der Waals surface area (Å²) in [5.74, 6) is 1.47. The van der Waals surface area contributed by atoms with Crippen LogP contribution in [0, 0.1) is 6.92 Å². The molecule has 3 nitrogen and oxygen atoms in total. The number of ether oxygens (including phenoxy) is 1. The molecule has 0 aliphatic rings. The lowest BCUT2D eigenvalue weighted by atomic mass is 10.2. The first-order chi connectivity index (χ1) is 9.24. The smallest absolute Gasteiger partial charge is 0.153 e. The quantitative estimate of drug-likeness (QED) is 0.699. The van der Waals surface area contributed by atoms with Gasteiger partial charge in [-0.25, -0.2) is 4.98 Å². The zero-order valence-corrected chi connectivity index (χ0v) is 11.9. The van der Waals surface area contributed by atoms with Crippen LogP contribution in [0.25, 0.3) is 10.9 Å². The van der Waals surface area contributed by atoms with Gasteiger partial charge >= 0.3 is 0 Å². The van der Waals surface area contributed by atoms with Gasteiger partial charge in [-0.05, 0) is 35.0 Å². The van der Waals surface area contributed by atoms with Gasteiger partial charge in [0.1, 0.15) is 11.3 Å². The molecule has 94 valence electrons. The molecule has 19 heavy (non-hydrogen) atoms. The van der Waals surface area contributed by atoms with E-state index < -0.39 is 0 Å². The standard InChI is InChI=1S/C15H11BrN2O/c1-10-5-6-11-3-2-4-14(15(11)18-10)19-13-7-8-17-9-12(13)16/h2-9H,1H3. The fourth-order valence-electron chi connectivity index (χ4n) is 1.86. The van der Waals surface area contributed by atoms with Gasteiger partial charge < -0.3 is 4.74 Å². The van der Waals surface area contributed by atoms with Crippen molar-refractivity contribution in [1.82, 2.24) is 9.97 Å². The Morgan fingerprint density at radius 3 is 2.79 bits per heavy atom. The highest BCUT2D eigenvalue weighted by Gasteiger charge is 2.07. The fraction of sp³-hybridized carbons (Fsp3) is 0.0667. The van der Waals surface area contributed by atoms with Gasteiger partial charge in [0.05, 0.1) is 4.47 Å². The number of para-hydroxylation sites is 1. The number of benzene rings is 1. The molecule has 0 spiro atoms. The van der Waals surface area contributed by atoms with Gasteiger partial charge in [0, 0.05) is 29.5 Å². The molecule has 0 N–H and O–H groups in total. The molecule has 0 atom stereocenters. The van der Waals surface area contributed by atoms with Crippen molar-refractivity contribution in [1.29, 1.82) is 0 Å². The molecule has 0 fully saturated rings. The zero-order valence-electron chi connectivity index (χ0n) is 10.3. The maximum atomic E-state index is 5.93. The molecule has 2 heterocycles. The fourth-order valence-corrected chi connectivity index (χ4v) is 2.19. The summed E-state index contributed by atoms with van der Waals surface area (Å²) in [7, 11) is 0. The molecule has 0 radical (unpaired) electrons. The largest absolute Gasteiger partial charge is 0.454 e. The summed E-state index contributed by atoms with van der Waals surface area (Å²) in [4.78, 5) is 8.57. The first-order valence-corrected chi connectivity index (χ1v) is 6.67. The predicted molar refractivity (Wildman–Crippen MR) is 78.5 cm³/mol. The van der Waals surface area contributed by atoms with Crippen LogP contribution in [0.1, 0.15) is 5.69 Å². The molecular formula is C15H11BrN2O. The molecule has 0 aliphatic heterocycles. The van der Waals surface area contributed by atoms with Crippen molar-refractivity contribution in [2.24, 2.45) is 0 Å². The monoisotopic (exact) mass is 314 g/mol. The van der Waals surface area contributed by atoms with Crippen LogP contribution >= 0.6 is 15.9 Å². The Kier molecular flexibility index (Phi) is 3.17. The highest BCUT2D eigenvalue weighted by atomic mass is 79.9. The van der Waals surface area contributed by atoms with Gasteiger partial charge in [0.25, 0.3) is 0 Å². The summed E-state index contributed by atoms with van der Waals surface area (Å²) in [6.07, 6.45) is 3.41. The van der Waals surface area contributed by atoms with E-state index in [2.05, 4.69) is 25.9 Å². The molecule has 0 unspecified atom stereocenters. The zero-order chi connectivity index (χ0) is 13.2. The topological polar surface area (TPSA) is 35.0 Å². The van der Waals surface area contributed by atoms with E-state index in [1.807, 2.05) is 43.3 Å². The molecule has 2 aromatic heterocycles. The first-order valence-electron chi connectivity index (χ1n) is 5.88. The van der Waals surface area contributed by atoms with Crippen molar-refractivity contribution in [3.8, 4) is 11.5 Å². The Balaban J connectivity index is 2.10. The van der Waals surface area contributed by atoms with E-state index in [4.69, 9.17) is 4.74 Å². The maximum absolute atomic E-state index is 5.93. The summed E-state index contributed by atoms with van der Waals surface area (Å²) in [5.41, 5.74) is 1.84. The highest BCUT2D eigenvalue weighted by molar-refractivity contribution is 9.10. The Morgan fingerprint density at radius 2 is 1.95 bits per heavy atom. The van der Waals surface area contributed by atoms with Crippen molar-refractivity contribution in [3.05, 3.63) is 59.0 Å². The molecule has 4 heteroatoms. The van der Waals surface area contributed by atoms with Gasteiger partial charge in [0.15, 0.2) is 5.75 Å². The van der Waals surface area contributed by atoms with Crippen LogP contribution in [0.4, 0.5) is 0 Å². The van der Waals surface area contributed by atoms with Gasteiger partial charge in [0.2, 0.25) is 0 Å². The lowest BCUT2D eigenvalue weighted by molar-refractivity contribution is 0.483. The molecule has 0 aliphatic carbocycles. The Bertz CT molecular complexity index is 743. The van der Waals surface area contributed by atoms with Crippen LogP contribution in [0.2, 0.25) is 0 Å². The third-order valence-corrected chi connectivity index (χ3v) is 3.37. The number of halogens is 1. The van der Waals surface area contributed by atoms with E-state index in [-0.39, 0.29) is 0 Å². The van der Waals surface area contributed by atoms with Crippen molar-refractivity contribution < 1.29 is 4.74 Å². The average Bonchev–Trinajstić information content (AvgIpc) is 2.42. The van der Waals surface area contributed by atoms with Crippen LogP contribution in [-0.2, 0) is 0 Å². The Morgan fingerprint density at radius 1 is 1.05 bits per heavy atom. The summed E-state index contributed by atoms with van der Waals surface area (Å²) < 4.78 is 6.75. The number of rotatable bonds is 2. The molecule has 0 amide bonds. The van der Waals surface area contributed by atoms with Gasteiger partial charge in [-0.1, -0.05) is 18.2 Å². The SMILES string of the molecule is Cc1ccc2cccc(Oc3ccncc3Br)c2n1. The van der Waals surface area contributed by atoms with Crippen LogP contribution in [0.5, 0.6) is 11.5 Å². The highest BCUT2D eigenvalue weighted by Crippen LogP contribution is 2.32. The minimum absolute atomic E-state index is 0.728. The second-order valence-electron chi connectivity index (χ2n) is 4.19. The second kappa shape index (κ2) is 4.97. The van der Waals surface area contributed by atoms with Crippen LogP contribution in [-0.4, -0.2) is 9.97 Å². The normalized spacial score (nSPS) is 10.6. The van der Waals surface area contributed by atoms with E-state index in [1.165, 1.54) is 0 Å². The third-order valence-electron chi connectivity index (χ3n) is 2.78. The number of aryl methyl sites for hydroxylation is 1. The predicted octanol–water partition coefficient (Wildman–Crippen LogP) is 4.49. The van der Waals surface area contributed by atoms with Crippen LogP contribution in [0.15, 0.2) is 53.3 Å².